The average Bonchev–Trinajstić information content (AvgIpc) is 2.41. The van der Waals surface area contributed by atoms with Crippen LogP contribution in [0.15, 0.2) is 24.3 Å². The van der Waals surface area contributed by atoms with Crippen LogP contribution in [-0.4, -0.2) is 51.9 Å². The number of halogens is 2. The fourth-order valence-electron chi connectivity index (χ4n) is 1.77. The second kappa shape index (κ2) is 9.65. The van der Waals surface area contributed by atoms with Crippen molar-refractivity contribution < 1.29 is 18.3 Å². The highest BCUT2D eigenvalue weighted by Gasteiger charge is 2.08. The number of alkyl halides is 2. The van der Waals surface area contributed by atoms with Gasteiger partial charge in [0.2, 0.25) is 0 Å². The van der Waals surface area contributed by atoms with Crippen LogP contribution in [0, 0.1) is 0 Å². The Bertz CT molecular complexity index is 403. The summed E-state index contributed by atoms with van der Waals surface area (Å²) < 4.78 is 34.2. The Hall–Kier alpha value is -1.24. The Balaban J connectivity index is 2.29. The van der Waals surface area contributed by atoms with Crippen molar-refractivity contribution in [3.63, 3.8) is 0 Å². The summed E-state index contributed by atoms with van der Waals surface area (Å²) in [5, 5.41) is 3.29. The molecule has 6 heteroatoms. The van der Waals surface area contributed by atoms with E-state index in [1.54, 1.807) is 12.1 Å². The third-order valence-corrected chi connectivity index (χ3v) is 2.96. The van der Waals surface area contributed by atoms with Crippen molar-refractivity contribution in [2.24, 2.45) is 0 Å². The molecule has 1 aromatic rings. The number of likely N-dealkylation sites (N-methyl/N-ethyl adjacent to an activating group) is 1. The summed E-state index contributed by atoms with van der Waals surface area (Å²) in [6.07, 6.45) is 0. The van der Waals surface area contributed by atoms with E-state index in [0.717, 1.165) is 12.1 Å². The van der Waals surface area contributed by atoms with Crippen LogP contribution in [0.4, 0.5) is 8.78 Å². The first kappa shape index (κ1) is 17.8. The number of nitrogens with zero attached hydrogens (tertiary/aromatic N) is 1. The van der Waals surface area contributed by atoms with E-state index in [1.807, 2.05) is 27.1 Å². The number of benzene rings is 1. The maximum atomic E-state index is 12.2. The first-order chi connectivity index (χ1) is 9.99. The zero-order chi connectivity index (χ0) is 15.7. The third-order valence-electron chi connectivity index (χ3n) is 2.96. The van der Waals surface area contributed by atoms with Crippen LogP contribution in [-0.2, 0) is 4.74 Å². The SMILES string of the molecule is CC(NCCOCCN(C)C)c1cccc(OC(F)F)c1. The lowest BCUT2D eigenvalue weighted by Crippen LogP contribution is -2.25. The van der Waals surface area contributed by atoms with E-state index in [0.29, 0.717) is 19.8 Å². The molecule has 120 valence electrons. The van der Waals surface area contributed by atoms with Crippen LogP contribution in [0.5, 0.6) is 5.75 Å². The van der Waals surface area contributed by atoms with E-state index < -0.39 is 6.61 Å². The van der Waals surface area contributed by atoms with Gasteiger partial charge in [-0.05, 0) is 38.7 Å². The first-order valence-electron chi connectivity index (χ1n) is 6.99. The van der Waals surface area contributed by atoms with Gasteiger partial charge >= 0.3 is 6.61 Å². The van der Waals surface area contributed by atoms with Gasteiger partial charge in [-0.2, -0.15) is 8.78 Å². The zero-order valence-corrected chi connectivity index (χ0v) is 12.8. The second-order valence-corrected chi connectivity index (χ2v) is 5.04. The summed E-state index contributed by atoms with van der Waals surface area (Å²) in [5.74, 6) is 0.179. The zero-order valence-electron chi connectivity index (χ0n) is 12.8. The van der Waals surface area contributed by atoms with Gasteiger partial charge in [0.25, 0.3) is 0 Å². The quantitative estimate of drug-likeness (QED) is 0.673. The molecule has 0 fully saturated rings. The second-order valence-electron chi connectivity index (χ2n) is 5.04. The largest absolute Gasteiger partial charge is 0.435 e. The molecule has 0 aromatic heterocycles. The topological polar surface area (TPSA) is 33.7 Å². The minimum Gasteiger partial charge on any atom is -0.435 e. The van der Waals surface area contributed by atoms with Crippen LogP contribution in [0.2, 0.25) is 0 Å². The van der Waals surface area contributed by atoms with Gasteiger partial charge in [-0.15, -0.1) is 0 Å². The lowest BCUT2D eigenvalue weighted by Gasteiger charge is -2.16. The Labute approximate surface area is 125 Å². The molecule has 0 aliphatic heterocycles. The fraction of sp³-hybridized carbons (Fsp3) is 0.600. The average molecular weight is 302 g/mol. The number of ether oxygens (including phenoxy) is 2. The van der Waals surface area contributed by atoms with Crippen molar-refractivity contribution in [1.29, 1.82) is 0 Å². The molecule has 0 saturated heterocycles. The molecule has 1 rings (SSSR count). The van der Waals surface area contributed by atoms with Gasteiger partial charge in [-0.3, -0.25) is 0 Å². The summed E-state index contributed by atoms with van der Waals surface area (Å²) in [6, 6.07) is 6.77. The highest BCUT2D eigenvalue weighted by atomic mass is 19.3. The molecule has 0 spiro atoms. The summed E-state index contributed by atoms with van der Waals surface area (Å²) in [7, 11) is 4.00. The van der Waals surface area contributed by atoms with Crippen LogP contribution < -0.4 is 10.1 Å². The van der Waals surface area contributed by atoms with Crippen LogP contribution in [0.25, 0.3) is 0 Å². The molecule has 1 aromatic carbocycles. The van der Waals surface area contributed by atoms with Crippen LogP contribution >= 0.6 is 0 Å². The van der Waals surface area contributed by atoms with Crippen molar-refractivity contribution in [2.45, 2.75) is 19.6 Å². The molecule has 0 heterocycles. The predicted octanol–water partition coefficient (Wildman–Crippen LogP) is 2.52. The van der Waals surface area contributed by atoms with E-state index in [2.05, 4.69) is 15.0 Å². The molecule has 0 amide bonds. The summed E-state index contributed by atoms with van der Waals surface area (Å²) in [6.45, 7) is 2.08. The molecule has 0 aliphatic rings. The molecule has 1 unspecified atom stereocenters. The number of hydrogen-bond acceptors (Lipinski definition) is 4. The first-order valence-corrected chi connectivity index (χ1v) is 6.99. The molecule has 21 heavy (non-hydrogen) atoms. The van der Waals surface area contributed by atoms with Gasteiger partial charge in [-0.25, -0.2) is 0 Å². The highest BCUT2D eigenvalue weighted by Crippen LogP contribution is 2.20. The molecule has 1 atom stereocenters. The van der Waals surface area contributed by atoms with Crippen molar-refractivity contribution in [2.75, 3.05) is 40.4 Å². The molecule has 4 nitrogen and oxygen atoms in total. The summed E-state index contributed by atoms with van der Waals surface area (Å²) >= 11 is 0. The fourth-order valence-corrected chi connectivity index (χ4v) is 1.77. The van der Waals surface area contributed by atoms with Gasteiger partial charge in [-0.1, -0.05) is 12.1 Å². The van der Waals surface area contributed by atoms with E-state index in [-0.39, 0.29) is 11.8 Å². The molecular formula is C15H24F2N2O2. The normalized spacial score (nSPS) is 12.9. The lowest BCUT2D eigenvalue weighted by atomic mass is 10.1. The van der Waals surface area contributed by atoms with E-state index in [1.165, 1.54) is 6.07 Å². The van der Waals surface area contributed by atoms with Crippen molar-refractivity contribution in [3.05, 3.63) is 29.8 Å². The van der Waals surface area contributed by atoms with Gasteiger partial charge < -0.3 is 19.7 Å². The predicted molar refractivity (Wildman–Crippen MR) is 78.9 cm³/mol. The Morgan fingerprint density at radius 3 is 2.67 bits per heavy atom. The molecular weight excluding hydrogens is 278 g/mol. The summed E-state index contributed by atoms with van der Waals surface area (Å²) in [4.78, 5) is 2.06. The Kier molecular flexibility index (Phi) is 8.19. The number of nitrogens with one attached hydrogen (secondary N) is 1. The molecule has 0 radical (unpaired) electrons. The van der Waals surface area contributed by atoms with E-state index >= 15 is 0 Å². The standard InChI is InChI=1S/C15H24F2N2O2/c1-12(18-7-9-20-10-8-19(2)3)13-5-4-6-14(11-13)21-15(16)17/h4-6,11-12,15,18H,7-10H2,1-3H3. The van der Waals surface area contributed by atoms with Crippen molar-refractivity contribution in [1.82, 2.24) is 10.2 Å². The minimum atomic E-state index is -2.80. The van der Waals surface area contributed by atoms with Crippen molar-refractivity contribution >= 4 is 0 Å². The number of rotatable bonds is 10. The lowest BCUT2D eigenvalue weighted by molar-refractivity contribution is -0.0499. The monoisotopic (exact) mass is 302 g/mol. The molecule has 0 bridgehead atoms. The van der Waals surface area contributed by atoms with E-state index in [4.69, 9.17) is 4.74 Å². The Morgan fingerprint density at radius 2 is 2.00 bits per heavy atom. The van der Waals surface area contributed by atoms with Gasteiger partial charge in [0.1, 0.15) is 5.75 Å². The van der Waals surface area contributed by atoms with Gasteiger partial charge in [0.05, 0.1) is 13.2 Å². The molecule has 0 aliphatic carbocycles. The maximum absolute atomic E-state index is 12.2. The van der Waals surface area contributed by atoms with Crippen LogP contribution in [0.3, 0.4) is 0 Å². The van der Waals surface area contributed by atoms with Gasteiger partial charge in [0, 0.05) is 19.1 Å². The minimum absolute atomic E-state index is 0.0451. The van der Waals surface area contributed by atoms with Crippen LogP contribution in [0.1, 0.15) is 18.5 Å². The van der Waals surface area contributed by atoms with Gasteiger partial charge in [0.15, 0.2) is 0 Å². The Morgan fingerprint density at radius 1 is 1.24 bits per heavy atom. The highest BCUT2D eigenvalue weighted by molar-refractivity contribution is 5.30. The summed E-state index contributed by atoms with van der Waals surface area (Å²) in [5.41, 5.74) is 0.904. The molecule has 1 N–H and O–H groups in total. The third kappa shape index (κ3) is 7.94. The molecule has 0 saturated carbocycles. The van der Waals surface area contributed by atoms with Crippen molar-refractivity contribution in [3.8, 4) is 5.75 Å². The van der Waals surface area contributed by atoms with E-state index in [9.17, 15) is 8.78 Å². The maximum Gasteiger partial charge on any atom is 0.387 e. The smallest absolute Gasteiger partial charge is 0.387 e. The number of hydrogen-bond donors (Lipinski definition) is 1.